The van der Waals surface area contributed by atoms with E-state index in [2.05, 4.69) is 27.1 Å². The van der Waals surface area contributed by atoms with Crippen LogP contribution in [0.4, 0.5) is 5.69 Å². The van der Waals surface area contributed by atoms with Crippen LogP contribution in [0, 0.1) is 0 Å². The molecule has 7 nitrogen and oxygen atoms in total. The Labute approximate surface area is 164 Å². The van der Waals surface area contributed by atoms with Gasteiger partial charge < -0.3 is 14.5 Å². The van der Waals surface area contributed by atoms with Crippen LogP contribution in [0.25, 0.3) is 11.6 Å². The highest BCUT2D eigenvalue weighted by atomic mass is 16.5. The molecular formula is C21H25N5O2. The van der Waals surface area contributed by atoms with Crippen molar-refractivity contribution in [1.29, 1.82) is 0 Å². The van der Waals surface area contributed by atoms with Gasteiger partial charge in [0.2, 0.25) is 0 Å². The maximum atomic E-state index is 12.6. The number of rotatable bonds is 3. The van der Waals surface area contributed by atoms with E-state index in [4.69, 9.17) is 4.74 Å². The molecule has 2 aromatic heterocycles. The van der Waals surface area contributed by atoms with E-state index in [-0.39, 0.29) is 12.0 Å². The third-order valence-electron chi connectivity index (χ3n) is 5.94. The standard InChI is InChI=1S/C21H25N5O2/c1-24-14-16(13-23-24)15-11-17-18(12-15)22-5-4-19(17)25-6-8-26(9-7-25)21(27)20-3-2-10-28-20/h4-5,11,13-14,20H,2-3,6-10,12H2,1H3/t20-/m0/s1. The first kappa shape index (κ1) is 17.4. The molecule has 2 saturated heterocycles. The number of hydrogen-bond donors (Lipinski definition) is 0. The van der Waals surface area contributed by atoms with E-state index in [0.717, 1.165) is 56.7 Å². The molecular weight excluding hydrogens is 354 g/mol. The molecule has 1 atom stereocenters. The Kier molecular flexibility index (Phi) is 4.39. The Bertz CT molecular complexity index is 921. The number of aryl methyl sites for hydroxylation is 1. The Balaban J connectivity index is 1.32. The van der Waals surface area contributed by atoms with E-state index in [1.165, 1.54) is 16.8 Å². The molecule has 2 aromatic rings. The van der Waals surface area contributed by atoms with Gasteiger partial charge in [-0.15, -0.1) is 0 Å². The van der Waals surface area contributed by atoms with E-state index in [1.807, 2.05) is 35.2 Å². The fourth-order valence-corrected chi connectivity index (χ4v) is 4.40. The number of hydrogen-bond acceptors (Lipinski definition) is 5. The van der Waals surface area contributed by atoms with Gasteiger partial charge in [-0.25, -0.2) is 0 Å². The zero-order chi connectivity index (χ0) is 19.1. The summed E-state index contributed by atoms with van der Waals surface area (Å²) in [5.41, 5.74) is 5.95. The minimum absolute atomic E-state index is 0.163. The number of piperazine rings is 1. The van der Waals surface area contributed by atoms with Crippen molar-refractivity contribution in [3.63, 3.8) is 0 Å². The first-order valence-corrected chi connectivity index (χ1v) is 10.0. The van der Waals surface area contributed by atoms with Crippen molar-refractivity contribution in [3.05, 3.63) is 41.5 Å². The third kappa shape index (κ3) is 3.09. The molecule has 7 heteroatoms. The Hall–Kier alpha value is -2.67. The molecule has 5 rings (SSSR count). The molecule has 28 heavy (non-hydrogen) atoms. The summed E-state index contributed by atoms with van der Waals surface area (Å²) in [6.07, 6.45) is 10.6. The van der Waals surface area contributed by atoms with Crippen LogP contribution in [-0.2, 0) is 23.0 Å². The number of allylic oxidation sites excluding steroid dienone is 1. The first-order valence-electron chi connectivity index (χ1n) is 10.0. The first-order chi connectivity index (χ1) is 13.7. The predicted octanol–water partition coefficient (Wildman–Crippen LogP) is 1.74. The van der Waals surface area contributed by atoms with Crippen molar-refractivity contribution in [2.24, 2.45) is 7.05 Å². The Morgan fingerprint density at radius 2 is 2.11 bits per heavy atom. The van der Waals surface area contributed by atoms with Crippen LogP contribution in [0.1, 0.15) is 29.7 Å². The zero-order valence-corrected chi connectivity index (χ0v) is 16.2. The summed E-state index contributed by atoms with van der Waals surface area (Å²) in [7, 11) is 1.94. The number of nitrogens with zero attached hydrogens (tertiary/aromatic N) is 5. The van der Waals surface area contributed by atoms with Gasteiger partial charge >= 0.3 is 0 Å². The summed E-state index contributed by atoms with van der Waals surface area (Å²) in [6.45, 7) is 3.88. The topological polar surface area (TPSA) is 63.5 Å². The second-order valence-corrected chi connectivity index (χ2v) is 7.75. The summed E-state index contributed by atoms with van der Waals surface area (Å²) in [6, 6.07) is 2.10. The quantitative estimate of drug-likeness (QED) is 0.813. The number of pyridine rings is 1. The molecule has 0 N–H and O–H groups in total. The summed E-state index contributed by atoms with van der Waals surface area (Å²) in [5.74, 6) is 0.163. The minimum atomic E-state index is -0.221. The molecule has 2 fully saturated rings. The number of amides is 1. The molecule has 0 saturated carbocycles. The summed E-state index contributed by atoms with van der Waals surface area (Å²) in [5, 5.41) is 4.29. The predicted molar refractivity (Wildman–Crippen MR) is 107 cm³/mol. The van der Waals surface area contributed by atoms with Gasteiger partial charge in [-0.2, -0.15) is 5.10 Å². The van der Waals surface area contributed by atoms with Crippen LogP contribution in [-0.4, -0.2) is 64.5 Å². The van der Waals surface area contributed by atoms with Crippen LogP contribution in [0.15, 0.2) is 24.7 Å². The number of aromatic nitrogens is 3. The molecule has 0 radical (unpaired) electrons. The van der Waals surface area contributed by atoms with Crippen LogP contribution in [0.2, 0.25) is 0 Å². The maximum absolute atomic E-state index is 12.6. The van der Waals surface area contributed by atoms with Crippen molar-refractivity contribution in [3.8, 4) is 0 Å². The normalized spacial score (nSPS) is 21.8. The van der Waals surface area contributed by atoms with Gasteiger partial charge in [-0.1, -0.05) is 0 Å². The second kappa shape index (κ2) is 7.05. The van der Waals surface area contributed by atoms with E-state index < -0.39 is 0 Å². The van der Waals surface area contributed by atoms with Crippen LogP contribution in [0.3, 0.4) is 0 Å². The highest BCUT2D eigenvalue weighted by Crippen LogP contribution is 2.36. The highest BCUT2D eigenvalue weighted by Gasteiger charge is 2.31. The fourth-order valence-electron chi connectivity index (χ4n) is 4.40. The molecule has 1 amide bonds. The minimum Gasteiger partial charge on any atom is -0.368 e. The van der Waals surface area contributed by atoms with Crippen LogP contribution < -0.4 is 4.90 Å². The second-order valence-electron chi connectivity index (χ2n) is 7.75. The molecule has 2 aliphatic heterocycles. The number of ether oxygens (including phenoxy) is 1. The Morgan fingerprint density at radius 3 is 2.82 bits per heavy atom. The summed E-state index contributed by atoms with van der Waals surface area (Å²) >= 11 is 0. The number of carbonyl (C=O) groups excluding carboxylic acids is 1. The van der Waals surface area contributed by atoms with Crippen LogP contribution in [0.5, 0.6) is 0 Å². The lowest BCUT2D eigenvalue weighted by molar-refractivity contribution is -0.141. The third-order valence-corrected chi connectivity index (χ3v) is 5.94. The largest absolute Gasteiger partial charge is 0.368 e. The van der Waals surface area contributed by atoms with E-state index in [9.17, 15) is 4.79 Å². The molecule has 146 valence electrons. The fraction of sp³-hybridized carbons (Fsp3) is 0.476. The van der Waals surface area contributed by atoms with E-state index in [1.54, 1.807) is 0 Å². The van der Waals surface area contributed by atoms with Crippen molar-refractivity contribution in [2.75, 3.05) is 37.7 Å². The Morgan fingerprint density at radius 1 is 1.25 bits per heavy atom. The number of carbonyl (C=O) groups is 1. The van der Waals surface area contributed by atoms with Gasteiger partial charge in [0.05, 0.1) is 11.9 Å². The monoisotopic (exact) mass is 379 g/mol. The maximum Gasteiger partial charge on any atom is 0.251 e. The average Bonchev–Trinajstić information content (AvgIpc) is 3.47. The SMILES string of the molecule is Cn1cc(C2=Cc3c(N4CCN(C(=O)[C@@H]5CCCO5)CC4)ccnc3C2)cn1. The molecule has 0 aromatic carbocycles. The molecule has 0 spiro atoms. The lowest BCUT2D eigenvalue weighted by Crippen LogP contribution is -2.51. The molecule has 0 bridgehead atoms. The van der Waals surface area contributed by atoms with E-state index in [0.29, 0.717) is 6.61 Å². The summed E-state index contributed by atoms with van der Waals surface area (Å²) in [4.78, 5) is 21.5. The summed E-state index contributed by atoms with van der Waals surface area (Å²) < 4.78 is 7.40. The van der Waals surface area contributed by atoms with Crippen molar-refractivity contribution < 1.29 is 9.53 Å². The van der Waals surface area contributed by atoms with Gasteiger partial charge in [0, 0.05) is 75.5 Å². The van der Waals surface area contributed by atoms with Crippen LogP contribution >= 0.6 is 0 Å². The van der Waals surface area contributed by atoms with Crippen molar-refractivity contribution >= 4 is 23.2 Å². The number of fused-ring (bicyclic) bond motifs is 1. The highest BCUT2D eigenvalue weighted by molar-refractivity contribution is 5.91. The molecule has 0 unspecified atom stereocenters. The van der Waals surface area contributed by atoms with Crippen molar-refractivity contribution in [1.82, 2.24) is 19.7 Å². The lowest BCUT2D eigenvalue weighted by Gasteiger charge is -2.37. The molecule has 1 aliphatic carbocycles. The van der Waals surface area contributed by atoms with Gasteiger partial charge in [-0.3, -0.25) is 14.5 Å². The number of anilines is 1. The van der Waals surface area contributed by atoms with Gasteiger partial charge in [0.25, 0.3) is 5.91 Å². The van der Waals surface area contributed by atoms with Gasteiger partial charge in [0.15, 0.2) is 0 Å². The van der Waals surface area contributed by atoms with Gasteiger partial charge in [0.1, 0.15) is 6.10 Å². The van der Waals surface area contributed by atoms with E-state index >= 15 is 0 Å². The van der Waals surface area contributed by atoms with Gasteiger partial charge in [-0.05, 0) is 30.6 Å². The van der Waals surface area contributed by atoms with Crippen molar-refractivity contribution in [2.45, 2.75) is 25.4 Å². The zero-order valence-electron chi connectivity index (χ0n) is 16.2. The molecule has 3 aliphatic rings. The smallest absolute Gasteiger partial charge is 0.251 e. The molecule has 4 heterocycles. The lowest BCUT2D eigenvalue weighted by atomic mass is 10.1. The average molecular weight is 379 g/mol.